The van der Waals surface area contributed by atoms with Gasteiger partial charge in [-0.25, -0.2) is 0 Å². The van der Waals surface area contributed by atoms with E-state index in [-0.39, 0.29) is 35.6 Å². The summed E-state index contributed by atoms with van der Waals surface area (Å²) in [5.74, 6) is -0.362. The Kier molecular flexibility index (Phi) is 5.12. The number of carbonyl (C=O) groups excluding carboxylic acids is 3. The van der Waals surface area contributed by atoms with Crippen LogP contribution in [0.15, 0.2) is 60.7 Å². The van der Waals surface area contributed by atoms with Crippen molar-refractivity contribution in [3.05, 3.63) is 71.8 Å². The molecule has 0 radical (unpaired) electrons. The Morgan fingerprint density at radius 3 is 2.06 bits per heavy atom. The average Bonchev–Trinajstić information content (AvgIpc) is 3.47. The summed E-state index contributed by atoms with van der Waals surface area (Å²) in [7, 11) is 0. The summed E-state index contributed by atoms with van der Waals surface area (Å²) in [6, 6.07) is 18.3. The topological polar surface area (TPSA) is 66.5 Å². The molecule has 0 spiro atoms. The second-order valence-electron chi connectivity index (χ2n) is 9.28. The minimum atomic E-state index is -0.821. The lowest BCUT2D eigenvalue weighted by Crippen LogP contribution is -2.52. The van der Waals surface area contributed by atoms with Crippen LogP contribution in [0.25, 0.3) is 0 Å². The molecule has 2 aromatic carbocycles. The summed E-state index contributed by atoms with van der Waals surface area (Å²) < 4.78 is 0. The van der Waals surface area contributed by atoms with Crippen molar-refractivity contribution >= 4 is 17.7 Å². The maximum atomic E-state index is 13.5. The highest BCUT2D eigenvalue weighted by molar-refractivity contribution is 6.09. The molecule has 3 aliphatic rings. The SMILES string of the molecule is C[C@H](NC(=O)[C@@H](Cc1ccccc1)N1C(=O)[C@@H]2[C@H]3CC[C@@H](C3)[C@@H]2C1=O)c1ccccc1. The van der Waals surface area contributed by atoms with Crippen LogP contribution in [-0.2, 0) is 20.8 Å². The number of amides is 3. The van der Waals surface area contributed by atoms with E-state index in [0.717, 1.165) is 30.4 Å². The quantitative estimate of drug-likeness (QED) is 0.733. The number of carbonyl (C=O) groups is 3. The number of imide groups is 1. The summed E-state index contributed by atoms with van der Waals surface area (Å²) in [5.41, 5.74) is 1.93. The highest BCUT2D eigenvalue weighted by Gasteiger charge is 2.62. The van der Waals surface area contributed by atoms with E-state index in [9.17, 15) is 14.4 Å². The van der Waals surface area contributed by atoms with Crippen LogP contribution in [-0.4, -0.2) is 28.7 Å². The van der Waals surface area contributed by atoms with Crippen LogP contribution in [0.4, 0.5) is 0 Å². The van der Waals surface area contributed by atoms with Crippen molar-refractivity contribution in [2.45, 2.75) is 44.7 Å². The van der Waals surface area contributed by atoms with Gasteiger partial charge in [0.15, 0.2) is 0 Å². The molecule has 1 heterocycles. The van der Waals surface area contributed by atoms with Gasteiger partial charge in [-0.1, -0.05) is 60.7 Å². The molecule has 5 heteroatoms. The maximum absolute atomic E-state index is 13.5. The standard InChI is InChI=1S/C26H28N2O3/c1-16(18-10-6-3-7-11-18)27-24(29)21(14-17-8-4-2-5-9-17)28-25(30)22-19-12-13-20(15-19)23(22)26(28)31/h2-11,16,19-23H,12-15H2,1H3,(H,27,29)/t16-,19-,20-,21+,22-,23+/m0/s1. The van der Waals surface area contributed by atoms with E-state index < -0.39 is 6.04 Å². The van der Waals surface area contributed by atoms with E-state index in [2.05, 4.69) is 5.32 Å². The second kappa shape index (κ2) is 7.95. The van der Waals surface area contributed by atoms with Crippen molar-refractivity contribution in [2.24, 2.45) is 23.7 Å². The third kappa shape index (κ3) is 3.46. The van der Waals surface area contributed by atoms with Crippen molar-refractivity contribution in [3.8, 4) is 0 Å². The first-order valence-electron chi connectivity index (χ1n) is 11.3. The highest BCUT2D eigenvalue weighted by atomic mass is 16.2. The van der Waals surface area contributed by atoms with E-state index in [4.69, 9.17) is 0 Å². The molecule has 31 heavy (non-hydrogen) atoms. The first-order valence-corrected chi connectivity index (χ1v) is 11.3. The number of rotatable bonds is 6. The Labute approximate surface area is 182 Å². The van der Waals surface area contributed by atoms with Crippen LogP contribution in [0.2, 0.25) is 0 Å². The summed E-state index contributed by atoms with van der Waals surface area (Å²) in [5, 5.41) is 3.05. The van der Waals surface area contributed by atoms with Gasteiger partial charge in [-0.3, -0.25) is 19.3 Å². The summed E-state index contributed by atoms with van der Waals surface area (Å²) in [6.45, 7) is 1.93. The van der Waals surface area contributed by atoms with Crippen LogP contribution >= 0.6 is 0 Å². The molecule has 6 atom stereocenters. The fourth-order valence-electron chi connectivity index (χ4n) is 6.01. The first kappa shape index (κ1) is 20.0. The number of hydrogen-bond acceptors (Lipinski definition) is 3. The number of nitrogens with zero attached hydrogens (tertiary/aromatic N) is 1. The molecular weight excluding hydrogens is 388 g/mol. The van der Waals surface area contributed by atoms with Gasteiger partial charge >= 0.3 is 0 Å². The van der Waals surface area contributed by atoms with Gasteiger partial charge in [0, 0.05) is 6.42 Å². The fraction of sp³-hybridized carbons (Fsp3) is 0.423. The predicted octanol–water partition coefficient (Wildman–Crippen LogP) is 3.51. The van der Waals surface area contributed by atoms with Gasteiger partial charge < -0.3 is 5.32 Å². The van der Waals surface area contributed by atoms with Crippen molar-refractivity contribution in [1.29, 1.82) is 0 Å². The van der Waals surface area contributed by atoms with Crippen molar-refractivity contribution in [2.75, 3.05) is 0 Å². The van der Waals surface area contributed by atoms with Gasteiger partial charge in [0.2, 0.25) is 17.7 Å². The summed E-state index contributed by atoms with van der Waals surface area (Å²) >= 11 is 0. The molecule has 2 aromatic rings. The van der Waals surface area contributed by atoms with Crippen molar-refractivity contribution in [3.63, 3.8) is 0 Å². The number of benzene rings is 2. The van der Waals surface area contributed by atoms with Gasteiger partial charge in [-0.15, -0.1) is 0 Å². The largest absolute Gasteiger partial charge is 0.348 e. The number of hydrogen-bond donors (Lipinski definition) is 1. The highest BCUT2D eigenvalue weighted by Crippen LogP contribution is 2.56. The summed E-state index contributed by atoms with van der Waals surface area (Å²) in [4.78, 5) is 41.6. The Morgan fingerprint density at radius 2 is 1.48 bits per heavy atom. The van der Waals surface area contributed by atoms with Crippen LogP contribution in [0.3, 0.4) is 0 Å². The zero-order chi connectivity index (χ0) is 21.5. The molecule has 2 aliphatic carbocycles. The first-order chi connectivity index (χ1) is 15.0. The molecule has 5 nitrogen and oxygen atoms in total. The van der Waals surface area contributed by atoms with E-state index in [1.54, 1.807) is 0 Å². The molecular formula is C26H28N2O3. The molecule has 1 aliphatic heterocycles. The van der Waals surface area contributed by atoms with E-state index in [1.807, 2.05) is 67.6 Å². The van der Waals surface area contributed by atoms with Gasteiger partial charge in [0.25, 0.3) is 0 Å². The molecule has 0 aromatic heterocycles. The minimum absolute atomic E-state index is 0.134. The molecule has 5 rings (SSSR count). The Morgan fingerprint density at radius 1 is 0.935 bits per heavy atom. The lowest BCUT2D eigenvalue weighted by molar-refractivity contribution is -0.148. The molecule has 2 bridgehead atoms. The molecule has 1 saturated heterocycles. The summed E-state index contributed by atoms with van der Waals surface area (Å²) in [6.07, 6.45) is 3.38. The average molecular weight is 417 g/mol. The van der Waals surface area contributed by atoms with Crippen molar-refractivity contribution < 1.29 is 14.4 Å². The smallest absolute Gasteiger partial charge is 0.244 e. The fourth-order valence-corrected chi connectivity index (χ4v) is 6.01. The zero-order valence-corrected chi connectivity index (χ0v) is 17.7. The van der Waals surface area contributed by atoms with Crippen LogP contribution in [0.5, 0.6) is 0 Å². The van der Waals surface area contributed by atoms with E-state index in [1.165, 1.54) is 4.90 Å². The van der Waals surface area contributed by atoms with Crippen LogP contribution in [0.1, 0.15) is 43.4 Å². The second-order valence-corrected chi connectivity index (χ2v) is 9.28. The van der Waals surface area contributed by atoms with Crippen LogP contribution < -0.4 is 5.32 Å². The molecule has 160 valence electrons. The zero-order valence-electron chi connectivity index (χ0n) is 17.7. The molecule has 2 saturated carbocycles. The number of likely N-dealkylation sites (tertiary alicyclic amines) is 1. The van der Waals surface area contributed by atoms with Crippen LogP contribution in [0, 0.1) is 23.7 Å². The molecule has 1 N–H and O–H groups in total. The Hall–Kier alpha value is -2.95. The third-order valence-electron chi connectivity index (χ3n) is 7.51. The Bertz CT molecular complexity index is 962. The van der Waals surface area contributed by atoms with Gasteiger partial charge in [0.05, 0.1) is 17.9 Å². The van der Waals surface area contributed by atoms with Crippen molar-refractivity contribution in [1.82, 2.24) is 10.2 Å². The number of nitrogens with one attached hydrogen (secondary N) is 1. The molecule has 3 amide bonds. The number of fused-ring (bicyclic) bond motifs is 5. The maximum Gasteiger partial charge on any atom is 0.244 e. The Balaban J connectivity index is 1.43. The lowest BCUT2D eigenvalue weighted by Gasteiger charge is -2.28. The molecule has 3 fully saturated rings. The normalized spacial score (nSPS) is 28.5. The lowest BCUT2D eigenvalue weighted by atomic mass is 9.81. The van der Waals surface area contributed by atoms with E-state index >= 15 is 0 Å². The molecule has 0 unspecified atom stereocenters. The van der Waals surface area contributed by atoms with Gasteiger partial charge in [-0.2, -0.15) is 0 Å². The van der Waals surface area contributed by atoms with Gasteiger partial charge in [-0.05, 0) is 49.1 Å². The predicted molar refractivity (Wildman–Crippen MR) is 117 cm³/mol. The minimum Gasteiger partial charge on any atom is -0.348 e. The monoisotopic (exact) mass is 416 g/mol. The van der Waals surface area contributed by atoms with E-state index in [0.29, 0.717) is 18.3 Å². The van der Waals surface area contributed by atoms with Gasteiger partial charge in [0.1, 0.15) is 6.04 Å². The third-order valence-corrected chi connectivity index (χ3v) is 7.51.